The third-order valence-electron chi connectivity index (χ3n) is 2.67. The molecule has 0 aliphatic heterocycles. The van der Waals surface area contributed by atoms with Crippen LogP contribution in [-0.2, 0) is 9.53 Å². The lowest BCUT2D eigenvalue weighted by Crippen LogP contribution is -2.26. The Labute approximate surface area is 114 Å². The van der Waals surface area contributed by atoms with Crippen LogP contribution in [0.1, 0.15) is 19.8 Å². The second-order valence-electron chi connectivity index (χ2n) is 4.29. The smallest absolute Gasteiger partial charge is 0.225 e. The first-order chi connectivity index (χ1) is 9.15. The van der Waals surface area contributed by atoms with Crippen molar-refractivity contribution >= 4 is 11.6 Å². The zero-order valence-corrected chi connectivity index (χ0v) is 11.5. The van der Waals surface area contributed by atoms with Gasteiger partial charge in [0.05, 0.1) is 6.61 Å². The third-order valence-corrected chi connectivity index (χ3v) is 2.67. The molecule has 1 rings (SSSR count). The minimum atomic E-state index is -0.0864. The number of benzene rings is 1. The number of methoxy groups -OCH3 is 1. The maximum absolute atomic E-state index is 11.6. The van der Waals surface area contributed by atoms with Crippen LogP contribution in [0, 0.1) is 0 Å². The maximum atomic E-state index is 11.6. The topological polar surface area (TPSA) is 73.6 Å². The molecule has 0 aliphatic carbocycles. The first-order valence-electron chi connectivity index (χ1n) is 6.43. The van der Waals surface area contributed by atoms with Crippen LogP contribution in [0.5, 0.6) is 5.75 Å². The van der Waals surface area contributed by atoms with Crippen LogP contribution in [-0.4, -0.2) is 32.3 Å². The summed E-state index contributed by atoms with van der Waals surface area (Å²) >= 11 is 0. The number of hydrogen-bond donors (Lipinski definition) is 2. The average molecular weight is 266 g/mol. The fourth-order valence-corrected chi connectivity index (χ4v) is 1.47. The number of anilines is 1. The fourth-order valence-electron chi connectivity index (χ4n) is 1.47. The van der Waals surface area contributed by atoms with E-state index < -0.39 is 0 Å². The summed E-state index contributed by atoms with van der Waals surface area (Å²) in [6.07, 6.45) is 1.13. The van der Waals surface area contributed by atoms with Crippen LogP contribution in [0.25, 0.3) is 0 Å². The average Bonchev–Trinajstić information content (AvgIpc) is 2.40. The van der Waals surface area contributed by atoms with E-state index in [-0.39, 0.29) is 11.9 Å². The highest BCUT2D eigenvalue weighted by molar-refractivity contribution is 5.91. The molecule has 19 heavy (non-hydrogen) atoms. The second-order valence-corrected chi connectivity index (χ2v) is 4.29. The molecule has 5 nitrogen and oxygen atoms in total. The summed E-state index contributed by atoms with van der Waals surface area (Å²) in [6, 6.07) is 7.14. The molecule has 0 fully saturated rings. The van der Waals surface area contributed by atoms with Gasteiger partial charge in [-0.05, 0) is 30.7 Å². The van der Waals surface area contributed by atoms with Crippen molar-refractivity contribution in [3.63, 3.8) is 0 Å². The van der Waals surface area contributed by atoms with Crippen LogP contribution >= 0.6 is 0 Å². The van der Waals surface area contributed by atoms with Crippen LogP contribution in [0.3, 0.4) is 0 Å². The molecule has 0 spiro atoms. The Morgan fingerprint density at radius 1 is 1.32 bits per heavy atom. The minimum absolute atomic E-state index is 0.0672. The maximum Gasteiger partial charge on any atom is 0.225 e. The normalized spacial score (nSPS) is 11.9. The van der Waals surface area contributed by atoms with Gasteiger partial charge in [0.2, 0.25) is 5.91 Å². The Morgan fingerprint density at radius 2 is 2.00 bits per heavy atom. The molecule has 106 valence electrons. The van der Waals surface area contributed by atoms with E-state index in [0.717, 1.165) is 17.9 Å². The van der Waals surface area contributed by atoms with E-state index in [1.54, 1.807) is 19.2 Å². The van der Waals surface area contributed by atoms with E-state index >= 15 is 0 Å². The van der Waals surface area contributed by atoms with Crippen molar-refractivity contribution in [2.45, 2.75) is 25.8 Å². The molecule has 0 heterocycles. The van der Waals surface area contributed by atoms with E-state index in [9.17, 15) is 4.79 Å². The van der Waals surface area contributed by atoms with Gasteiger partial charge in [0.15, 0.2) is 0 Å². The molecule has 0 aromatic heterocycles. The first kappa shape index (κ1) is 15.5. The Hall–Kier alpha value is -1.59. The van der Waals surface area contributed by atoms with Crippen molar-refractivity contribution in [1.82, 2.24) is 0 Å². The number of carbonyl (C=O) groups excluding carboxylic acids is 1. The zero-order valence-electron chi connectivity index (χ0n) is 11.5. The molecule has 5 heteroatoms. The van der Waals surface area contributed by atoms with Gasteiger partial charge in [-0.3, -0.25) is 4.79 Å². The van der Waals surface area contributed by atoms with Crippen LogP contribution in [0.2, 0.25) is 0 Å². The second kappa shape index (κ2) is 8.50. The van der Waals surface area contributed by atoms with Crippen molar-refractivity contribution in [2.75, 3.05) is 25.6 Å². The van der Waals surface area contributed by atoms with E-state index in [1.807, 2.05) is 19.1 Å². The largest absolute Gasteiger partial charge is 0.491 e. The van der Waals surface area contributed by atoms with E-state index in [4.69, 9.17) is 15.2 Å². The van der Waals surface area contributed by atoms with Gasteiger partial charge in [-0.15, -0.1) is 0 Å². The van der Waals surface area contributed by atoms with Gasteiger partial charge in [0.1, 0.15) is 12.4 Å². The molecule has 0 saturated heterocycles. The zero-order chi connectivity index (χ0) is 14.1. The number of rotatable bonds is 8. The Bertz CT molecular complexity index is 379. The monoisotopic (exact) mass is 266 g/mol. The number of nitrogens with one attached hydrogen (secondary N) is 1. The summed E-state index contributed by atoms with van der Waals surface area (Å²) in [5.41, 5.74) is 6.47. The lowest BCUT2D eigenvalue weighted by atomic mass is 10.1. The van der Waals surface area contributed by atoms with Crippen molar-refractivity contribution in [3.8, 4) is 5.75 Å². The number of nitrogens with two attached hydrogens (primary N) is 1. The van der Waals surface area contributed by atoms with Crippen LogP contribution in [0.4, 0.5) is 5.69 Å². The third kappa shape index (κ3) is 6.22. The molecule has 3 N–H and O–H groups in total. The number of ether oxygens (including phenoxy) is 2. The molecule has 0 saturated carbocycles. The van der Waals surface area contributed by atoms with E-state index in [1.165, 1.54) is 0 Å². The van der Waals surface area contributed by atoms with Gasteiger partial charge < -0.3 is 20.5 Å². The van der Waals surface area contributed by atoms with Crippen molar-refractivity contribution in [2.24, 2.45) is 5.73 Å². The van der Waals surface area contributed by atoms with Gasteiger partial charge in [-0.25, -0.2) is 0 Å². The van der Waals surface area contributed by atoms with Crippen molar-refractivity contribution in [3.05, 3.63) is 24.3 Å². The fraction of sp³-hybridized carbons (Fsp3) is 0.500. The van der Waals surface area contributed by atoms with Gasteiger partial charge in [-0.1, -0.05) is 6.92 Å². The summed E-state index contributed by atoms with van der Waals surface area (Å²) < 4.78 is 10.3. The molecular formula is C14H22N2O3. The predicted molar refractivity (Wildman–Crippen MR) is 75.3 cm³/mol. The molecule has 0 aliphatic rings. The van der Waals surface area contributed by atoms with Crippen LogP contribution in [0.15, 0.2) is 24.3 Å². The lowest BCUT2D eigenvalue weighted by Gasteiger charge is -2.10. The Balaban J connectivity index is 2.41. The highest BCUT2D eigenvalue weighted by Gasteiger charge is 2.07. The molecule has 1 amide bonds. The van der Waals surface area contributed by atoms with E-state index in [0.29, 0.717) is 19.6 Å². The Morgan fingerprint density at radius 3 is 2.58 bits per heavy atom. The lowest BCUT2D eigenvalue weighted by molar-refractivity contribution is -0.116. The van der Waals surface area contributed by atoms with Gasteiger partial charge >= 0.3 is 0 Å². The standard InChI is InChI=1S/C14H22N2O3/c1-3-11(15)10-14(17)16-12-4-6-13(7-5-12)19-9-8-18-2/h4-7,11H,3,8-10,15H2,1-2H3,(H,16,17). The summed E-state index contributed by atoms with van der Waals surface area (Å²) in [6.45, 7) is 3.02. The Kier molecular flexibility index (Phi) is 6.92. The molecular weight excluding hydrogens is 244 g/mol. The minimum Gasteiger partial charge on any atom is -0.491 e. The molecule has 1 unspecified atom stereocenters. The SMILES string of the molecule is CCC(N)CC(=O)Nc1ccc(OCCOC)cc1. The quantitative estimate of drug-likeness (QED) is 0.703. The van der Waals surface area contributed by atoms with Crippen molar-refractivity contribution < 1.29 is 14.3 Å². The van der Waals surface area contributed by atoms with Gasteiger partial charge in [0, 0.05) is 25.3 Å². The summed E-state index contributed by atoms with van der Waals surface area (Å²) in [5, 5.41) is 2.80. The first-order valence-corrected chi connectivity index (χ1v) is 6.43. The highest BCUT2D eigenvalue weighted by atomic mass is 16.5. The van der Waals surface area contributed by atoms with Gasteiger partial charge in [0.25, 0.3) is 0 Å². The number of amides is 1. The molecule has 0 bridgehead atoms. The molecule has 0 radical (unpaired) electrons. The van der Waals surface area contributed by atoms with Crippen molar-refractivity contribution in [1.29, 1.82) is 0 Å². The summed E-state index contributed by atoms with van der Waals surface area (Å²) in [4.78, 5) is 11.6. The summed E-state index contributed by atoms with van der Waals surface area (Å²) in [5.74, 6) is 0.683. The number of carbonyl (C=O) groups is 1. The molecule has 1 aromatic carbocycles. The summed E-state index contributed by atoms with van der Waals surface area (Å²) in [7, 11) is 1.63. The van der Waals surface area contributed by atoms with Crippen LogP contribution < -0.4 is 15.8 Å². The van der Waals surface area contributed by atoms with E-state index in [2.05, 4.69) is 5.32 Å². The highest BCUT2D eigenvalue weighted by Crippen LogP contribution is 2.16. The molecule has 1 aromatic rings. The molecule has 1 atom stereocenters. The predicted octanol–water partition coefficient (Wildman–Crippen LogP) is 1.78. The van der Waals surface area contributed by atoms with Gasteiger partial charge in [-0.2, -0.15) is 0 Å². The number of hydrogen-bond acceptors (Lipinski definition) is 4.